The van der Waals surface area contributed by atoms with Gasteiger partial charge in [-0.15, -0.1) is 0 Å². The van der Waals surface area contributed by atoms with Crippen LogP contribution >= 0.6 is 15.9 Å². The molecule has 1 aromatic carbocycles. The van der Waals surface area contributed by atoms with Gasteiger partial charge in [-0.05, 0) is 35.2 Å². The standard InChI is InChI=1S/C13H12BrFN2O4/c14-8-4-12(17(20)21)11(5-9(8)15)16-6-1-2-10(16)7(3-6)13(18)19/h4-7,10H,1-3H2,(H,18,19). The zero-order valence-corrected chi connectivity index (χ0v) is 12.4. The minimum absolute atomic E-state index is 0.0271. The molecule has 0 radical (unpaired) electrons. The summed E-state index contributed by atoms with van der Waals surface area (Å²) in [6.45, 7) is 0. The summed E-state index contributed by atoms with van der Waals surface area (Å²) in [7, 11) is 0. The number of carboxylic acids is 1. The van der Waals surface area contributed by atoms with Gasteiger partial charge in [-0.2, -0.15) is 0 Å². The van der Waals surface area contributed by atoms with Gasteiger partial charge < -0.3 is 10.0 Å². The fraction of sp³-hybridized carbons (Fsp3) is 0.462. The van der Waals surface area contributed by atoms with E-state index in [4.69, 9.17) is 0 Å². The quantitative estimate of drug-likeness (QED) is 0.663. The predicted molar refractivity (Wildman–Crippen MR) is 75.8 cm³/mol. The lowest BCUT2D eigenvalue weighted by atomic mass is 9.89. The van der Waals surface area contributed by atoms with Gasteiger partial charge >= 0.3 is 5.97 Å². The van der Waals surface area contributed by atoms with Gasteiger partial charge in [0, 0.05) is 24.2 Å². The van der Waals surface area contributed by atoms with Gasteiger partial charge in [0.05, 0.1) is 15.3 Å². The number of nitro groups is 1. The Hall–Kier alpha value is -1.70. The topological polar surface area (TPSA) is 83.7 Å². The maximum absolute atomic E-state index is 13.8. The molecule has 2 heterocycles. The highest BCUT2D eigenvalue weighted by molar-refractivity contribution is 9.10. The molecule has 0 saturated carbocycles. The largest absolute Gasteiger partial charge is 0.481 e. The van der Waals surface area contributed by atoms with Gasteiger partial charge in [0.25, 0.3) is 5.69 Å². The second-order valence-electron chi connectivity index (χ2n) is 5.40. The molecule has 6 nitrogen and oxygen atoms in total. The summed E-state index contributed by atoms with van der Waals surface area (Å²) >= 11 is 2.95. The molecule has 2 aliphatic heterocycles. The van der Waals surface area contributed by atoms with Gasteiger partial charge in [-0.1, -0.05) is 0 Å². The molecule has 0 aromatic heterocycles. The molecular formula is C13H12BrFN2O4. The molecule has 2 fully saturated rings. The molecule has 0 aliphatic carbocycles. The summed E-state index contributed by atoms with van der Waals surface area (Å²) in [5, 5.41) is 20.4. The number of nitrogens with zero attached hydrogens (tertiary/aromatic N) is 2. The third-order valence-corrected chi connectivity index (χ3v) is 4.95. The number of aliphatic carboxylic acids is 1. The SMILES string of the molecule is O=C(O)C1CC2CCC1N2c1cc(F)c(Br)cc1[N+](=O)[O-]. The minimum Gasteiger partial charge on any atom is -0.481 e. The second kappa shape index (κ2) is 4.94. The number of fused-ring (bicyclic) bond motifs is 2. The van der Waals surface area contributed by atoms with Crippen molar-refractivity contribution in [1.82, 2.24) is 0 Å². The first-order valence-electron chi connectivity index (χ1n) is 6.54. The average molecular weight is 359 g/mol. The van der Waals surface area contributed by atoms with Gasteiger partial charge in [-0.3, -0.25) is 14.9 Å². The highest BCUT2D eigenvalue weighted by Crippen LogP contribution is 2.47. The van der Waals surface area contributed by atoms with E-state index in [0.29, 0.717) is 12.8 Å². The molecule has 112 valence electrons. The molecule has 0 spiro atoms. The van der Waals surface area contributed by atoms with Crippen LogP contribution in [-0.2, 0) is 4.79 Å². The van der Waals surface area contributed by atoms with E-state index in [0.717, 1.165) is 18.6 Å². The zero-order chi connectivity index (χ0) is 15.3. The van der Waals surface area contributed by atoms with Crippen LogP contribution in [0.15, 0.2) is 16.6 Å². The van der Waals surface area contributed by atoms with Crippen molar-refractivity contribution < 1.29 is 19.2 Å². The summed E-state index contributed by atoms with van der Waals surface area (Å²) in [6.07, 6.45) is 1.90. The van der Waals surface area contributed by atoms with Crippen molar-refractivity contribution in [2.24, 2.45) is 5.92 Å². The number of hydrogen-bond acceptors (Lipinski definition) is 4. The molecule has 2 saturated heterocycles. The highest BCUT2D eigenvalue weighted by atomic mass is 79.9. The van der Waals surface area contributed by atoms with Crippen LogP contribution < -0.4 is 4.90 Å². The number of hydrogen-bond donors (Lipinski definition) is 1. The van der Waals surface area contributed by atoms with Crippen LogP contribution in [0.3, 0.4) is 0 Å². The van der Waals surface area contributed by atoms with Gasteiger partial charge in [0.1, 0.15) is 11.5 Å². The van der Waals surface area contributed by atoms with Crippen LogP contribution in [0.4, 0.5) is 15.8 Å². The smallest absolute Gasteiger partial charge is 0.308 e. The summed E-state index contributed by atoms with van der Waals surface area (Å²) in [5.74, 6) is -2.03. The van der Waals surface area contributed by atoms with Crippen molar-refractivity contribution in [3.05, 3.63) is 32.5 Å². The van der Waals surface area contributed by atoms with Crippen molar-refractivity contribution in [2.45, 2.75) is 31.3 Å². The molecule has 2 aliphatic rings. The first-order chi connectivity index (χ1) is 9.90. The Kier molecular flexibility index (Phi) is 3.35. The van der Waals surface area contributed by atoms with E-state index in [1.165, 1.54) is 0 Å². The highest BCUT2D eigenvalue weighted by Gasteiger charge is 2.50. The lowest BCUT2D eigenvalue weighted by molar-refractivity contribution is -0.384. The van der Waals surface area contributed by atoms with Crippen LogP contribution in [0.25, 0.3) is 0 Å². The molecule has 3 rings (SSSR count). The number of halogens is 2. The molecule has 1 N–H and O–H groups in total. The predicted octanol–water partition coefficient (Wildman–Crippen LogP) is 2.94. The minimum atomic E-state index is -0.896. The molecule has 2 bridgehead atoms. The Morgan fingerprint density at radius 1 is 1.48 bits per heavy atom. The van der Waals surface area contributed by atoms with E-state index in [-0.39, 0.29) is 27.9 Å². The van der Waals surface area contributed by atoms with E-state index in [2.05, 4.69) is 15.9 Å². The van der Waals surface area contributed by atoms with Crippen molar-refractivity contribution in [2.75, 3.05) is 4.90 Å². The number of carboxylic acid groups (broad SMARTS) is 1. The number of carbonyl (C=O) groups is 1. The number of nitro benzene ring substituents is 1. The molecule has 8 heteroatoms. The Morgan fingerprint density at radius 3 is 2.76 bits per heavy atom. The van der Waals surface area contributed by atoms with Crippen LogP contribution in [0.2, 0.25) is 0 Å². The number of anilines is 1. The molecular weight excluding hydrogens is 347 g/mol. The maximum atomic E-state index is 13.8. The van der Waals surface area contributed by atoms with Crippen molar-refractivity contribution in [3.63, 3.8) is 0 Å². The van der Waals surface area contributed by atoms with E-state index in [9.17, 15) is 24.4 Å². The normalized spacial score (nSPS) is 27.1. The molecule has 3 atom stereocenters. The van der Waals surface area contributed by atoms with Crippen molar-refractivity contribution in [3.8, 4) is 0 Å². The molecule has 21 heavy (non-hydrogen) atoms. The third-order valence-electron chi connectivity index (χ3n) is 4.35. The van der Waals surface area contributed by atoms with Crippen molar-refractivity contribution >= 4 is 33.3 Å². The first-order valence-corrected chi connectivity index (χ1v) is 7.34. The Bertz CT molecular complexity index is 639. The van der Waals surface area contributed by atoms with E-state index in [1.807, 2.05) is 0 Å². The summed E-state index contributed by atoms with van der Waals surface area (Å²) < 4.78 is 13.8. The monoisotopic (exact) mass is 358 g/mol. The molecule has 0 amide bonds. The third kappa shape index (κ3) is 2.17. The Morgan fingerprint density at radius 2 is 2.19 bits per heavy atom. The van der Waals surface area contributed by atoms with E-state index in [1.54, 1.807) is 4.90 Å². The van der Waals surface area contributed by atoms with E-state index < -0.39 is 22.6 Å². The fourth-order valence-electron chi connectivity index (χ4n) is 3.51. The summed E-state index contributed by atoms with van der Waals surface area (Å²) in [6, 6.07) is 1.89. The Labute approximate surface area is 127 Å². The molecule has 3 unspecified atom stereocenters. The van der Waals surface area contributed by atoms with Crippen LogP contribution in [0, 0.1) is 21.8 Å². The van der Waals surface area contributed by atoms with Crippen LogP contribution in [0.5, 0.6) is 0 Å². The Balaban J connectivity index is 2.07. The molecule has 1 aromatic rings. The van der Waals surface area contributed by atoms with E-state index >= 15 is 0 Å². The second-order valence-corrected chi connectivity index (χ2v) is 6.25. The maximum Gasteiger partial charge on any atom is 0.308 e. The fourth-order valence-corrected chi connectivity index (χ4v) is 3.84. The summed E-state index contributed by atoms with van der Waals surface area (Å²) in [4.78, 5) is 23.6. The van der Waals surface area contributed by atoms with Crippen LogP contribution in [0.1, 0.15) is 19.3 Å². The van der Waals surface area contributed by atoms with Crippen LogP contribution in [-0.4, -0.2) is 28.1 Å². The average Bonchev–Trinajstić information content (AvgIpc) is 2.98. The first kappa shape index (κ1) is 14.2. The zero-order valence-electron chi connectivity index (χ0n) is 10.8. The number of rotatable bonds is 3. The van der Waals surface area contributed by atoms with Crippen molar-refractivity contribution in [1.29, 1.82) is 0 Å². The lowest BCUT2D eigenvalue weighted by Crippen LogP contribution is -2.33. The summed E-state index contributed by atoms with van der Waals surface area (Å²) in [5.41, 5.74) is -0.0248. The lowest BCUT2D eigenvalue weighted by Gasteiger charge is -2.25. The van der Waals surface area contributed by atoms with Gasteiger partial charge in [-0.25, -0.2) is 4.39 Å². The van der Waals surface area contributed by atoms with Gasteiger partial charge in [0.2, 0.25) is 0 Å². The number of benzene rings is 1. The van der Waals surface area contributed by atoms with Gasteiger partial charge in [0.15, 0.2) is 0 Å².